The van der Waals surface area contributed by atoms with Gasteiger partial charge in [0.15, 0.2) is 0 Å². The van der Waals surface area contributed by atoms with E-state index < -0.39 is 10.8 Å². The van der Waals surface area contributed by atoms with Crippen molar-refractivity contribution in [1.82, 2.24) is 14.8 Å². The van der Waals surface area contributed by atoms with Crippen molar-refractivity contribution >= 4 is 29.1 Å². The van der Waals surface area contributed by atoms with Crippen LogP contribution in [0.3, 0.4) is 0 Å². The second-order valence-electron chi connectivity index (χ2n) is 3.64. The van der Waals surface area contributed by atoms with Gasteiger partial charge in [-0.2, -0.15) is 0 Å². The number of aryl methyl sites for hydroxylation is 1. The molecule has 0 atom stereocenters. The van der Waals surface area contributed by atoms with Crippen molar-refractivity contribution in [3.63, 3.8) is 0 Å². The van der Waals surface area contributed by atoms with E-state index in [0.717, 1.165) is 0 Å². The van der Waals surface area contributed by atoms with Crippen LogP contribution in [0.4, 0.5) is 11.6 Å². The maximum Gasteiger partial charge on any atom is 0.287 e. The standard InChI is InChI=1S/C10H8ClN5O3/c1-15-5-12-14-10(15)13-9(17)6-2-3-8(16(18)19)7(11)4-6/h2-5H,1H3,(H,13,14,17). The Morgan fingerprint density at radius 3 is 2.79 bits per heavy atom. The number of hydrogen-bond donors (Lipinski definition) is 1. The summed E-state index contributed by atoms with van der Waals surface area (Å²) < 4.78 is 1.52. The molecule has 0 fully saturated rings. The van der Waals surface area contributed by atoms with E-state index in [-0.39, 0.29) is 22.2 Å². The lowest BCUT2D eigenvalue weighted by molar-refractivity contribution is -0.384. The van der Waals surface area contributed by atoms with Crippen molar-refractivity contribution < 1.29 is 9.72 Å². The molecular formula is C10H8ClN5O3. The smallest absolute Gasteiger partial charge is 0.287 e. The van der Waals surface area contributed by atoms with E-state index >= 15 is 0 Å². The molecule has 19 heavy (non-hydrogen) atoms. The lowest BCUT2D eigenvalue weighted by atomic mass is 10.2. The number of carbonyl (C=O) groups excluding carboxylic acids is 1. The molecule has 0 radical (unpaired) electrons. The molecule has 0 spiro atoms. The third kappa shape index (κ3) is 2.68. The van der Waals surface area contributed by atoms with Crippen LogP contribution in [0.5, 0.6) is 0 Å². The highest BCUT2D eigenvalue weighted by molar-refractivity contribution is 6.33. The Labute approximate surface area is 112 Å². The van der Waals surface area contributed by atoms with Gasteiger partial charge in [0.1, 0.15) is 11.3 Å². The second-order valence-corrected chi connectivity index (χ2v) is 4.05. The van der Waals surface area contributed by atoms with Crippen LogP contribution in [0.1, 0.15) is 10.4 Å². The van der Waals surface area contributed by atoms with Gasteiger partial charge in [-0.25, -0.2) is 0 Å². The fourth-order valence-corrected chi connectivity index (χ4v) is 1.62. The lowest BCUT2D eigenvalue weighted by Gasteiger charge is -2.04. The first kappa shape index (κ1) is 13.0. The van der Waals surface area contributed by atoms with Crippen LogP contribution in [-0.4, -0.2) is 25.6 Å². The quantitative estimate of drug-likeness (QED) is 0.680. The minimum absolute atomic E-state index is 0.101. The molecular weight excluding hydrogens is 274 g/mol. The molecule has 1 aromatic heterocycles. The van der Waals surface area contributed by atoms with Crippen LogP contribution in [0, 0.1) is 10.1 Å². The van der Waals surface area contributed by atoms with Crippen LogP contribution in [0.2, 0.25) is 5.02 Å². The summed E-state index contributed by atoms with van der Waals surface area (Å²) in [6.07, 6.45) is 1.43. The molecule has 1 heterocycles. The number of carbonyl (C=O) groups is 1. The van der Waals surface area contributed by atoms with E-state index in [1.165, 1.54) is 29.1 Å². The molecule has 0 aliphatic rings. The Morgan fingerprint density at radius 1 is 1.53 bits per heavy atom. The Kier molecular flexibility index (Phi) is 3.43. The van der Waals surface area contributed by atoms with Gasteiger partial charge < -0.3 is 4.57 Å². The molecule has 8 nitrogen and oxygen atoms in total. The van der Waals surface area contributed by atoms with Gasteiger partial charge in [-0.1, -0.05) is 11.6 Å². The number of aromatic nitrogens is 3. The normalized spacial score (nSPS) is 10.2. The van der Waals surface area contributed by atoms with E-state index in [2.05, 4.69) is 15.5 Å². The van der Waals surface area contributed by atoms with E-state index in [1.54, 1.807) is 7.05 Å². The number of nitrogens with zero attached hydrogens (tertiary/aromatic N) is 4. The summed E-state index contributed by atoms with van der Waals surface area (Å²) in [5, 5.41) is 20.3. The van der Waals surface area contributed by atoms with E-state index in [4.69, 9.17) is 11.6 Å². The Bertz CT molecular complexity index is 654. The summed E-state index contributed by atoms with van der Waals surface area (Å²) in [4.78, 5) is 21.9. The maximum atomic E-state index is 11.9. The number of amides is 1. The number of nitro groups is 1. The predicted octanol–water partition coefficient (Wildman–Crippen LogP) is 1.63. The first-order valence-electron chi connectivity index (χ1n) is 5.08. The largest absolute Gasteiger partial charge is 0.303 e. The summed E-state index contributed by atoms with van der Waals surface area (Å²) >= 11 is 5.73. The summed E-state index contributed by atoms with van der Waals surface area (Å²) in [5.41, 5.74) is -0.0597. The molecule has 0 bridgehead atoms. The van der Waals surface area contributed by atoms with Crippen molar-refractivity contribution in [2.75, 3.05) is 5.32 Å². The average Bonchev–Trinajstić information content (AvgIpc) is 2.74. The minimum Gasteiger partial charge on any atom is -0.303 e. The third-order valence-electron chi connectivity index (χ3n) is 2.34. The average molecular weight is 282 g/mol. The molecule has 2 aromatic rings. The number of hydrogen-bond acceptors (Lipinski definition) is 5. The summed E-state index contributed by atoms with van der Waals surface area (Å²) in [7, 11) is 1.67. The predicted molar refractivity (Wildman–Crippen MR) is 67.1 cm³/mol. The number of nitrogens with one attached hydrogen (secondary N) is 1. The minimum atomic E-state index is -0.618. The molecule has 0 aliphatic heterocycles. The van der Waals surface area contributed by atoms with Gasteiger partial charge in [0, 0.05) is 18.7 Å². The van der Waals surface area contributed by atoms with Gasteiger partial charge >= 0.3 is 0 Å². The topological polar surface area (TPSA) is 103 Å². The van der Waals surface area contributed by atoms with E-state index in [9.17, 15) is 14.9 Å². The van der Waals surface area contributed by atoms with Gasteiger partial charge in [0.2, 0.25) is 5.95 Å². The summed E-state index contributed by atoms with van der Waals surface area (Å²) in [6, 6.07) is 3.72. The molecule has 1 amide bonds. The molecule has 0 aliphatic carbocycles. The van der Waals surface area contributed by atoms with Gasteiger partial charge in [0.25, 0.3) is 11.6 Å². The zero-order chi connectivity index (χ0) is 14.0. The molecule has 0 saturated heterocycles. The molecule has 2 rings (SSSR count). The number of rotatable bonds is 3. The molecule has 98 valence electrons. The molecule has 9 heteroatoms. The van der Waals surface area contributed by atoms with Gasteiger partial charge in [-0.15, -0.1) is 10.2 Å². The molecule has 1 N–H and O–H groups in total. The molecule has 0 saturated carbocycles. The van der Waals surface area contributed by atoms with E-state index in [1.807, 2.05) is 0 Å². The molecule has 0 unspecified atom stereocenters. The SMILES string of the molecule is Cn1cnnc1NC(=O)c1ccc([N+](=O)[O-])c(Cl)c1. The van der Waals surface area contributed by atoms with Crippen LogP contribution >= 0.6 is 11.6 Å². The number of benzene rings is 1. The van der Waals surface area contributed by atoms with Crippen LogP contribution < -0.4 is 5.32 Å². The van der Waals surface area contributed by atoms with Crippen molar-refractivity contribution in [3.05, 3.63) is 45.2 Å². The monoisotopic (exact) mass is 281 g/mol. The van der Waals surface area contributed by atoms with Crippen molar-refractivity contribution in [2.24, 2.45) is 7.05 Å². The first-order chi connectivity index (χ1) is 8.99. The maximum absolute atomic E-state index is 11.9. The van der Waals surface area contributed by atoms with Gasteiger partial charge in [0.05, 0.1) is 4.92 Å². The zero-order valence-electron chi connectivity index (χ0n) is 9.70. The van der Waals surface area contributed by atoms with Crippen molar-refractivity contribution in [1.29, 1.82) is 0 Å². The molecule has 1 aromatic carbocycles. The van der Waals surface area contributed by atoms with E-state index in [0.29, 0.717) is 0 Å². The second kappa shape index (κ2) is 5.02. The van der Waals surface area contributed by atoms with Crippen LogP contribution in [-0.2, 0) is 7.05 Å². The Balaban J connectivity index is 2.23. The number of nitro benzene ring substituents is 1. The van der Waals surface area contributed by atoms with Crippen molar-refractivity contribution in [3.8, 4) is 0 Å². The first-order valence-corrected chi connectivity index (χ1v) is 5.46. The summed E-state index contributed by atoms with van der Waals surface area (Å²) in [5.74, 6) is -0.215. The summed E-state index contributed by atoms with van der Waals surface area (Å²) in [6.45, 7) is 0. The number of halogens is 1. The van der Waals surface area contributed by atoms with Crippen molar-refractivity contribution in [2.45, 2.75) is 0 Å². The zero-order valence-corrected chi connectivity index (χ0v) is 10.5. The highest BCUT2D eigenvalue weighted by Gasteiger charge is 2.16. The Morgan fingerprint density at radius 2 is 2.26 bits per heavy atom. The van der Waals surface area contributed by atoms with Crippen LogP contribution in [0.15, 0.2) is 24.5 Å². The fraction of sp³-hybridized carbons (Fsp3) is 0.100. The van der Waals surface area contributed by atoms with Gasteiger partial charge in [-0.05, 0) is 12.1 Å². The Hall–Kier alpha value is -2.48. The van der Waals surface area contributed by atoms with Gasteiger partial charge in [-0.3, -0.25) is 20.2 Å². The highest BCUT2D eigenvalue weighted by atomic mass is 35.5. The highest BCUT2D eigenvalue weighted by Crippen LogP contribution is 2.25. The fourth-order valence-electron chi connectivity index (χ4n) is 1.37. The number of anilines is 1. The van der Waals surface area contributed by atoms with Crippen LogP contribution in [0.25, 0.3) is 0 Å². The third-order valence-corrected chi connectivity index (χ3v) is 2.65. The lowest BCUT2D eigenvalue weighted by Crippen LogP contribution is -2.15.